The van der Waals surface area contributed by atoms with Gasteiger partial charge < -0.3 is 9.84 Å². The monoisotopic (exact) mass is 325 g/mol. The van der Waals surface area contributed by atoms with Gasteiger partial charge in [-0.05, 0) is 29.8 Å². The van der Waals surface area contributed by atoms with E-state index in [9.17, 15) is 19.5 Å². The molecule has 0 unspecified atom stereocenters. The van der Waals surface area contributed by atoms with E-state index in [0.717, 1.165) is 4.90 Å². The lowest BCUT2D eigenvalue weighted by Gasteiger charge is -2.22. The number of carbonyl (C=O) groups excluding carboxylic acids is 2. The Morgan fingerprint density at radius 3 is 2.04 bits per heavy atom. The molecule has 1 aliphatic rings. The maximum atomic E-state index is 12.5. The maximum Gasteiger partial charge on any atom is 0.327 e. The van der Waals surface area contributed by atoms with Gasteiger partial charge in [-0.15, -0.1) is 0 Å². The molecule has 122 valence electrons. The molecule has 3 rings (SSSR count). The van der Waals surface area contributed by atoms with Crippen LogP contribution in [0.5, 0.6) is 5.75 Å². The fourth-order valence-corrected chi connectivity index (χ4v) is 2.76. The van der Waals surface area contributed by atoms with E-state index in [-0.39, 0.29) is 17.5 Å². The first-order chi connectivity index (χ1) is 11.5. The summed E-state index contributed by atoms with van der Waals surface area (Å²) in [6.07, 6.45) is 0.0325. The van der Waals surface area contributed by atoms with Crippen LogP contribution < -0.4 is 4.74 Å². The van der Waals surface area contributed by atoms with Gasteiger partial charge >= 0.3 is 5.97 Å². The van der Waals surface area contributed by atoms with E-state index >= 15 is 0 Å². The number of ether oxygens (including phenoxy) is 1. The van der Waals surface area contributed by atoms with Crippen LogP contribution in [0.15, 0.2) is 48.5 Å². The predicted octanol–water partition coefficient (Wildman–Crippen LogP) is 1.99. The summed E-state index contributed by atoms with van der Waals surface area (Å²) < 4.78 is 5.06. The van der Waals surface area contributed by atoms with Crippen LogP contribution in [0.4, 0.5) is 0 Å². The van der Waals surface area contributed by atoms with Gasteiger partial charge in [0, 0.05) is 6.42 Å². The maximum absolute atomic E-state index is 12.5. The van der Waals surface area contributed by atoms with Crippen LogP contribution in [-0.2, 0) is 11.2 Å². The molecule has 24 heavy (non-hydrogen) atoms. The second-order valence-electron chi connectivity index (χ2n) is 5.43. The van der Waals surface area contributed by atoms with Gasteiger partial charge in [0.1, 0.15) is 11.8 Å². The topological polar surface area (TPSA) is 83.9 Å². The van der Waals surface area contributed by atoms with E-state index in [1.165, 1.54) is 19.2 Å². The Morgan fingerprint density at radius 2 is 1.58 bits per heavy atom. The standard InChI is InChI=1S/C18H15NO5/c1-24-12-8-6-11(7-9-12)10-15(18(22)23)19-16(20)13-4-2-3-5-14(13)17(19)21/h2-9,15H,10H2,1H3,(H,22,23)/t15-/m1/s1. The summed E-state index contributed by atoms with van der Waals surface area (Å²) in [6, 6.07) is 11.9. The molecule has 0 spiro atoms. The number of methoxy groups -OCH3 is 1. The van der Waals surface area contributed by atoms with Gasteiger partial charge in [0.05, 0.1) is 18.2 Å². The molecule has 2 aromatic rings. The van der Waals surface area contributed by atoms with E-state index in [1.54, 1.807) is 36.4 Å². The number of fused-ring (bicyclic) bond motifs is 1. The van der Waals surface area contributed by atoms with Gasteiger partial charge in [-0.1, -0.05) is 24.3 Å². The third-order valence-electron chi connectivity index (χ3n) is 4.01. The Hall–Kier alpha value is -3.15. The third kappa shape index (κ3) is 2.62. The molecule has 1 heterocycles. The number of hydrogen-bond acceptors (Lipinski definition) is 4. The van der Waals surface area contributed by atoms with Crippen LogP contribution >= 0.6 is 0 Å². The summed E-state index contributed by atoms with van der Waals surface area (Å²) in [7, 11) is 1.54. The van der Waals surface area contributed by atoms with E-state index in [4.69, 9.17) is 4.74 Å². The van der Waals surface area contributed by atoms with Crippen LogP contribution in [0.2, 0.25) is 0 Å². The molecular formula is C18H15NO5. The Bertz CT molecular complexity index is 777. The van der Waals surface area contributed by atoms with Crippen LogP contribution in [0.3, 0.4) is 0 Å². The zero-order valence-electron chi connectivity index (χ0n) is 12.9. The van der Waals surface area contributed by atoms with Gasteiger partial charge in [-0.2, -0.15) is 0 Å². The molecule has 6 heteroatoms. The first kappa shape index (κ1) is 15.7. The van der Waals surface area contributed by atoms with Crippen LogP contribution in [0, 0.1) is 0 Å². The molecule has 0 bridgehead atoms. The number of amides is 2. The number of carboxylic acid groups (broad SMARTS) is 1. The number of carbonyl (C=O) groups is 3. The van der Waals surface area contributed by atoms with Crippen LogP contribution in [-0.4, -0.2) is 40.9 Å². The number of imide groups is 1. The second kappa shape index (κ2) is 6.16. The number of rotatable bonds is 5. The molecular weight excluding hydrogens is 310 g/mol. The second-order valence-corrected chi connectivity index (χ2v) is 5.43. The Balaban J connectivity index is 1.90. The van der Waals surface area contributed by atoms with Crippen molar-refractivity contribution in [2.45, 2.75) is 12.5 Å². The Kier molecular flexibility index (Phi) is 4.04. The molecule has 0 radical (unpaired) electrons. The van der Waals surface area contributed by atoms with Crippen molar-refractivity contribution in [3.63, 3.8) is 0 Å². The summed E-state index contributed by atoms with van der Waals surface area (Å²) in [4.78, 5) is 37.4. The van der Waals surface area contributed by atoms with Gasteiger partial charge in [0.2, 0.25) is 0 Å². The summed E-state index contributed by atoms with van der Waals surface area (Å²) in [6.45, 7) is 0. The van der Waals surface area contributed by atoms with Crippen molar-refractivity contribution in [3.05, 3.63) is 65.2 Å². The number of benzene rings is 2. The fourth-order valence-electron chi connectivity index (χ4n) is 2.76. The average Bonchev–Trinajstić information content (AvgIpc) is 2.85. The minimum atomic E-state index is -1.26. The van der Waals surface area contributed by atoms with Crippen molar-refractivity contribution in [2.75, 3.05) is 7.11 Å². The molecule has 0 saturated heterocycles. The highest BCUT2D eigenvalue weighted by molar-refractivity contribution is 6.22. The Morgan fingerprint density at radius 1 is 1.04 bits per heavy atom. The summed E-state index contributed by atoms with van der Waals surface area (Å²) in [5.41, 5.74) is 1.17. The lowest BCUT2D eigenvalue weighted by atomic mass is 10.0. The minimum Gasteiger partial charge on any atom is -0.497 e. The van der Waals surface area contributed by atoms with E-state index < -0.39 is 23.8 Å². The molecule has 0 aromatic heterocycles. The number of aliphatic carboxylic acids is 1. The van der Waals surface area contributed by atoms with Crippen molar-refractivity contribution in [2.24, 2.45) is 0 Å². The van der Waals surface area contributed by atoms with Crippen molar-refractivity contribution in [1.29, 1.82) is 0 Å². The lowest BCUT2D eigenvalue weighted by molar-refractivity contribution is -0.141. The average molecular weight is 325 g/mol. The van der Waals surface area contributed by atoms with Crippen molar-refractivity contribution >= 4 is 17.8 Å². The molecule has 0 fully saturated rings. The molecule has 1 aliphatic heterocycles. The summed E-state index contributed by atoms with van der Waals surface area (Å²) in [5.74, 6) is -1.72. The zero-order chi connectivity index (χ0) is 17.3. The van der Waals surface area contributed by atoms with Gasteiger partial charge in [0.25, 0.3) is 11.8 Å². The van der Waals surface area contributed by atoms with Gasteiger partial charge in [0.15, 0.2) is 0 Å². The molecule has 1 atom stereocenters. The molecule has 2 aromatic carbocycles. The van der Waals surface area contributed by atoms with E-state index in [0.29, 0.717) is 11.3 Å². The summed E-state index contributed by atoms with van der Waals surface area (Å²) in [5, 5.41) is 9.54. The molecule has 0 saturated carbocycles. The number of carboxylic acids is 1. The van der Waals surface area contributed by atoms with Crippen molar-refractivity contribution in [3.8, 4) is 5.75 Å². The molecule has 2 amide bonds. The van der Waals surface area contributed by atoms with E-state index in [1.807, 2.05) is 0 Å². The van der Waals surface area contributed by atoms with Gasteiger partial charge in [-0.25, -0.2) is 4.79 Å². The smallest absolute Gasteiger partial charge is 0.327 e. The minimum absolute atomic E-state index is 0.0325. The lowest BCUT2D eigenvalue weighted by Crippen LogP contribution is -2.46. The zero-order valence-corrected chi connectivity index (χ0v) is 12.9. The Labute approximate surface area is 138 Å². The molecule has 6 nitrogen and oxygen atoms in total. The molecule has 0 aliphatic carbocycles. The first-order valence-electron chi connectivity index (χ1n) is 7.35. The quantitative estimate of drug-likeness (QED) is 0.850. The fraction of sp³-hybridized carbons (Fsp3) is 0.167. The normalized spacial score (nSPS) is 14.5. The van der Waals surface area contributed by atoms with Gasteiger partial charge in [-0.3, -0.25) is 14.5 Å². The van der Waals surface area contributed by atoms with Crippen molar-refractivity contribution < 1.29 is 24.2 Å². The third-order valence-corrected chi connectivity index (χ3v) is 4.01. The summed E-state index contributed by atoms with van der Waals surface area (Å²) >= 11 is 0. The molecule has 1 N–H and O–H groups in total. The highest BCUT2D eigenvalue weighted by atomic mass is 16.5. The number of hydrogen-bond donors (Lipinski definition) is 1. The highest BCUT2D eigenvalue weighted by Gasteiger charge is 2.42. The number of nitrogens with zero attached hydrogens (tertiary/aromatic N) is 1. The largest absolute Gasteiger partial charge is 0.497 e. The van der Waals surface area contributed by atoms with Crippen molar-refractivity contribution in [1.82, 2.24) is 4.90 Å². The predicted molar refractivity (Wildman–Crippen MR) is 85.1 cm³/mol. The van der Waals surface area contributed by atoms with E-state index in [2.05, 4.69) is 0 Å². The van der Waals surface area contributed by atoms with Crippen LogP contribution in [0.25, 0.3) is 0 Å². The van der Waals surface area contributed by atoms with Crippen LogP contribution in [0.1, 0.15) is 26.3 Å². The highest BCUT2D eigenvalue weighted by Crippen LogP contribution is 2.26. The SMILES string of the molecule is COc1ccc(C[C@H](C(=O)O)N2C(=O)c3ccccc3C2=O)cc1. The first-order valence-corrected chi connectivity index (χ1v) is 7.35.